The molecule has 0 heterocycles. The average molecular weight is 323 g/mol. The van der Waals surface area contributed by atoms with E-state index in [-0.39, 0.29) is 26.2 Å². The maximum atomic E-state index is 7.00. The molecule has 0 saturated carbocycles. The number of aliphatic hydroxyl groups is 3. The van der Waals surface area contributed by atoms with Gasteiger partial charge in [0.1, 0.15) is 0 Å². The summed E-state index contributed by atoms with van der Waals surface area (Å²) >= 11 is 0. The molecule has 3 nitrogen and oxygen atoms in total. The van der Waals surface area contributed by atoms with Gasteiger partial charge in [0.05, 0.1) is 0 Å². The first kappa shape index (κ1) is 25.8. The molecule has 0 atom stereocenters. The Kier molecular flexibility index (Phi) is 28.1. The van der Waals surface area contributed by atoms with Gasteiger partial charge in [-0.1, -0.05) is 27.2 Å². The van der Waals surface area contributed by atoms with Crippen LogP contribution in [0.2, 0.25) is 0 Å². The molecule has 0 spiro atoms. The van der Waals surface area contributed by atoms with Gasteiger partial charge >= 0.3 is 0 Å². The van der Waals surface area contributed by atoms with Crippen LogP contribution in [0, 0.1) is 5.41 Å². The van der Waals surface area contributed by atoms with Gasteiger partial charge in [-0.05, 0) is 5.41 Å². The molecule has 0 unspecified atom stereocenters. The summed E-state index contributed by atoms with van der Waals surface area (Å²) in [6.45, 7) is 6.79. The van der Waals surface area contributed by atoms with Crippen molar-refractivity contribution in [2.75, 3.05) is 21.3 Å². The molecule has 0 aromatic heterocycles. The molecule has 102 valence electrons. The zero-order valence-electron chi connectivity index (χ0n) is 11.9. The van der Waals surface area contributed by atoms with Crippen molar-refractivity contribution < 1.29 is 41.5 Å². The van der Waals surface area contributed by atoms with Crippen molar-refractivity contribution in [3.63, 3.8) is 0 Å². The van der Waals surface area contributed by atoms with E-state index in [0.29, 0.717) is 5.41 Å². The molecule has 0 aliphatic rings. The van der Waals surface area contributed by atoms with Crippen molar-refractivity contribution in [1.29, 1.82) is 0 Å². The minimum Gasteiger partial charge on any atom is -0.400 e. The van der Waals surface area contributed by atoms with Crippen molar-refractivity contribution in [2.45, 2.75) is 27.2 Å². The Bertz CT molecular complexity index is 191. The molecular formula is C13H27O3Zr-. The second-order valence-corrected chi connectivity index (χ2v) is 4.03. The minimum atomic E-state index is 0. The van der Waals surface area contributed by atoms with E-state index in [1.807, 2.05) is 0 Å². The molecule has 0 saturated heterocycles. The standard InChI is InChI=1S/C10H15.3CH4O.Zr/c1-10(2,3)8-9-6-4-5-7-9;3*1-2;/h4-7H,8H2,1-3H3;3*2H,1H3;/q-1;;;;. The molecule has 0 fully saturated rings. The van der Waals surface area contributed by atoms with E-state index in [2.05, 4.69) is 45.0 Å². The Labute approximate surface area is 125 Å². The molecular weight excluding hydrogens is 295 g/mol. The Morgan fingerprint density at radius 2 is 1.12 bits per heavy atom. The maximum Gasteiger partial charge on any atom is 0.0319 e. The van der Waals surface area contributed by atoms with Crippen LogP contribution in [0.25, 0.3) is 0 Å². The quantitative estimate of drug-likeness (QED) is 0.691. The molecule has 0 amide bonds. The molecule has 0 aliphatic carbocycles. The fraction of sp³-hybridized carbons (Fsp3) is 0.615. The van der Waals surface area contributed by atoms with E-state index in [0.717, 1.165) is 21.3 Å². The van der Waals surface area contributed by atoms with Gasteiger partial charge in [-0.25, -0.2) is 12.1 Å². The fourth-order valence-electron chi connectivity index (χ4n) is 1.14. The third-order valence-electron chi connectivity index (χ3n) is 1.47. The van der Waals surface area contributed by atoms with Crippen LogP contribution in [0.3, 0.4) is 0 Å². The van der Waals surface area contributed by atoms with E-state index in [1.54, 1.807) is 0 Å². The van der Waals surface area contributed by atoms with E-state index in [9.17, 15) is 0 Å². The molecule has 17 heavy (non-hydrogen) atoms. The zero-order chi connectivity index (χ0) is 13.6. The summed E-state index contributed by atoms with van der Waals surface area (Å²) in [5.41, 5.74) is 1.88. The van der Waals surface area contributed by atoms with Gasteiger partial charge in [0.25, 0.3) is 0 Å². The molecule has 0 aliphatic heterocycles. The van der Waals surface area contributed by atoms with Crippen molar-refractivity contribution in [3.8, 4) is 0 Å². The summed E-state index contributed by atoms with van der Waals surface area (Å²) in [6, 6.07) is 8.57. The first-order valence-electron chi connectivity index (χ1n) is 5.13. The number of rotatable bonds is 1. The predicted octanol–water partition coefficient (Wildman–Crippen LogP) is 1.82. The van der Waals surface area contributed by atoms with E-state index >= 15 is 0 Å². The molecule has 1 aromatic rings. The van der Waals surface area contributed by atoms with Crippen molar-refractivity contribution in [3.05, 3.63) is 29.8 Å². The van der Waals surface area contributed by atoms with Gasteiger partial charge in [0.2, 0.25) is 0 Å². The monoisotopic (exact) mass is 321 g/mol. The molecule has 1 rings (SSSR count). The molecule has 0 bridgehead atoms. The number of aliphatic hydroxyl groups excluding tert-OH is 3. The van der Waals surface area contributed by atoms with Crippen LogP contribution in [-0.2, 0) is 32.6 Å². The molecule has 1 aromatic carbocycles. The molecule has 4 heteroatoms. The van der Waals surface area contributed by atoms with Crippen LogP contribution in [0.15, 0.2) is 24.3 Å². The summed E-state index contributed by atoms with van der Waals surface area (Å²) < 4.78 is 0. The second-order valence-electron chi connectivity index (χ2n) is 4.03. The minimum absolute atomic E-state index is 0. The van der Waals surface area contributed by atoms with Gasteiger partial charge < -0.3 is 15.3 Å². The summed E-state index contributed by atoms with van der Waals surface area (Å²) in [6.07, 6.45) is 1.18. The van der Waals surface area contributed by atoms with Crippen molar-refractivity contribution >= 4 is 0 Å². The average Bonchev–Trinajstić information content (AvgIpc) is 2.77. The van der Waals surface area contributed by atoms with E-state index < -0.39 is 0 Å². The first-order chi connectivity index (χ1) is 7.58. The van der Waals surface area contributed by atoms with Gasteiger partial charge in [-0.15, -0.1) is 0 Å². The van der Waals surface area contributed by atoms with Crippen LogP contribution in [0.4, 0.5) is 0 Å². The SMILES string of the molecule is CC(C)(C)C[c-]1cccc1.CO.CO.CO.[Zr]. The summed E-state index contributed by atoms with van der Waals surface area (Å²) in [4.78, 5) is 0. The number of hydrogen-bond acceptors (Lipinski definition) is 3. The van der Waals surface area contributed by atoms with Crippen LogP contribution in [-0.4, -0.2) is 36.6 Å². The third-order valence-corrected chi connectivity index (χ3v) is 1.47. The van der Waals surface area contributed by atoms with Gasteiger partial charge in [0, 0.05) is 47.5 Å². The van der Waals surface area contributed by atoms with Gasteiger partial charge in [-0.2, -0.15) is 17.7 Å². The normalized spacial score (nSPS) is 8.06. The maximum absolute atomic E-state index is 7.00. The first-order valence-corrected chi connectivity index (χ1v) is 5.13. The Hall–Kier alpha value is 0.113. The Morgan fingerprint density at radius 3 is 1.35 bits per heavy atom. The molecule has 0 radical (unpaired) electrons. The third kappa shape index (κ3) is 21.9. The smallest absolute Gasteiger partial charge is 0.0319 e. The largest absolute Gasteiger partial charge is 0.400 e. The summed E-state index contributed by atoms with van der Waals surface area (Å²) in [7, 11) is 3.00. The van der Waals surface area contributed by atoms with Crippen LogP contribution in [0.1, 0.15) is 26.3 Å². The van der Waals surface area contributed by atoms with Gasteiger partial charge in [0.15, 0.2) is 0 Å². The van der Waals surface area contributed by atoms with Crippen molar-refractivity contribution in [1.82, 2.24) is 0 Å². The molecule has 3 N–H and O–H groups in total. The summed E-state index contributed by atoms with van der Waals surface area (Å²) in [5.74, 6) is 0. The van der Waals surface area contributed by atoms with Crippen LogP contribution < -0.4 is 0 Å². The van der Waals surface area contributed by atoms with Crippen LogP contribution in [0.5, 0.6) is 0 Å². The van der Waals surface area contributed by atoms with Gasteiger partial charge in [-0.3, -0.25) is 0 Å². The Morgan fingerprint density at radius 1 is 0.824 bits per heavy atom. The predicted molar refractivity (Wildman–Crippen MR) is 69.6 cm³/mol. The second kappa shape index (κ2) is 18.5. The summed E-state index contributed by atoms with van der Waals surface area (Å²) in [5, 5.41) is 21.0. The Balaban J connectivity index is -0.000000106. The zero-order valence-corrected chi connectivity index (χ0v) is 14.3. The van der Waals surface area contributed by atoms with E-state index in [1.165, 1.54) is 12.0 Å². The topological polar surface area (TPSA) is 60.7 Å². The fourth-order valence-corrected chi connectivity index (χ4v) is 1.14. The van der Waals surface area contributed by atoms with Crippen molar-refractivity contribution in [2.24, 2.45) is 5.41 Å². The number of hydrogen-bond donors (Lipinski definition) is 3. The van der Waals surface area contributed by atoms with E-state index in [4.69, 9.17) is 15.3 Å². The van der Waals surface area contributed by atoms with Crippen LogP contribution >= 0.6 is 0 Å².